The molecule has 0 bridgehead atoms. The number of fused-ring (bicyclic) bond motifs is 1. The van der Waals surface area contributed by atoms with Crippen molar-refractivity contribution in [3.63, 3.8) is 0 Å². The summed E-state index contributed by atoms with van der Waals surface area (Å²) in [6, 6.07) is 0.776. The number of alkyl halides is 6. The van der Waals surface area contributed by atoms with Crippen molar-refractivity contribution in [1.29, 1.82) is 0 Å². The number of amides is 2. The average molecular weight is 377 g/mol. The lowest BCUT2D eigenvalue weighted by Crippen LogP contribution is -2.31. The third-order valence-corrected chi connectivity index (χ3v) is 4.65. The summed E-state index contributed by atoms with van der Waals surface area (Å²) < 4.78 is 78.0. The molecule has 2 amide bonds. The van der Waals surface area contributed by atoms with Crippen LogP contribution in [0, 0.1) is 11.8 Å². The van der Waals surface area contributed by atoms with E-state index in [1.54, 1.807) is 13.0 Å². The van der Waals surface area contributed by atoms with Gasteiger partial charge in [0.2, 0.25) is 11.8 Å². The van der Waals surface area contributed by atoms with Gasteiger partial charge >= 0.3 is 12.4 Å². The molecule has 0 N–H and O–H groups in total. The molecule has 1 aliphatic carbocycles. The first-order valence-electron chi connectivity index (χ1n) is 7.72. The summed E-state index contributed by atoms with van der Waals surface area (Å²) in [6.07, 6.45) is -7.85. The second-order valence-corrected chi connectivity index (χ2v) is 6.48. The molecule has 9 heteroatoms. The Kier molecular flexibility index (Phi) is 4.16. The molecule has 0 aromatic heterocycles. The van der Waals surface area contributed by atoms with Crippen LogP contribution in [-0.4, -0.2) is 11.8 Å². The Morgan fingerprint density at radius 3 is 1.88 bits per heavy atom. The van der Waals surface area contributed by atoms with E-state index in [-0.39, 0.29) is 18.9 Å². The number of nitrogens with zero attached hydrogens (tertiary/aromatic N) is 1. The molecule has 1 aromatic carbocycles. The van der Waals surface area contributed by atoms with E-state index in [0.29, 0.717) is 17.0 Å². The maximum absolute atomic E-state index is 13.0. The lowest BCUT2D eigenvalue weighted by molar-refractivity contribution is -0.143. The highest BCUT2D eigenvalue weighted by Crippen LogP contribution is 2.43. The van der Waals surface area contributed by atoms with Gasteiger partial charge in [-0.2, -0.15) is 26.3 Å². The standard InChI is InChI=1S/C17H13F6NO2/c1-8-2-3-12-13(4-8)15(26)24(14(12)25)11-6-9(16(18,19)20)5-10(7-11)17(21,22)23/h2,5-7,12-13H,3-4H2,1H3. The number of benzene rings is 1. The predicted octanol–water partition coefficient (Wildman–Crippen LogP) is 4.57. The number of hydrogen-bond acceptors (Lipinski definition) is 2. The molecule has 2 atom stereocenters. The van der Waals surface area contributed by atoms with E-state index in [1.165, 1.54) is 0 Å². The fourth-order valence-electron chi connectivity index (χ4n) is 3.36. The fourth-order valence-corrected chi connectivity index (χ4v) is 3.36. The van der Waals surface area contributed by atoms with Gasteiger partial charge in [0.05, 0.1) is 28.7 Å². The maximum Gasteiger partial charge on any atom is 0.416 e. The first-order valence-corrected chi connectivity index (χ1v) is 7.72. The molecule has 1 aromatic rings. The summed E-state index contributed by atoms with van der Waals surface area (Å²) in [4.78, 5) is 25.5. The number of rotatable bonds is 1. The monoisotopic (exact) mass is 377 g/mol. The molecule has 26 heavy (non-hydrogen) atoms. The van der Waals surface area contributed by atoms with E-state index in [2.05, 4.69) is 0 Å². The highest BCUT2D eigenvalue weighted by Gasteiger charge is 2.49. The molecule has 3 rings (SSSR count). The van der Waals surface area contributed by atoms with Crippen molar-refractivity contribution in [3.8, 4) is 0 Å². The largest absolute Gasteiger partial charge is 0.416 e. The first kappa shape index (κ1) is 18.5. The molecule has 0 saturated carbocycles. The van der Waals surface area contributed by atoms with E-state index < -0.39 is 52.8 Å². The van der Waals surface area contributed by atoms with Gasteiger partial charge in [-0.25, -0.2) is 0 Å². The molecule has 0 radical (unpaired) electrons. The fraction of sp³-hybridized carbons (Fsp3) is 0.412. The number of imide groups is 1. The zero-order valence-electron chi connectivity index (χ0n) is 13.4. The average Bonchev–Trinajstić information content (AvgIpc) is 2.76. The minimum Gasteiger partial charge on any atom is -0.274 e. The third-order valence-electron chi connectivity index (χ3n) is 4.65. The summed E-state index contributed by atoms with van der Waals surface area (Å²) in [6.45, 7) is 1.75. The number of carbonyl (C=O) groups excluding carboxylic acids is 2. The third kappa shape index (κ3) is 3.10. The van der Waals surface area contributed by atoms with E-state index in [4.69, 9.17) is 0 Å². The minimum atomic E-state index is -5.05. The van der Waals surface area contributed by atoms with Gasteiger partial charge in [0.25, 0.3) is 0 Å². The second kappa shape index (κ2) is 5.85. The van der Waals surface area contributed by atoms with Gasteiger partial charge in [0.1, 0.15) is 0 Å². The van der Waals surface area contributed by atoms with Crippen LogP contribution in [0.2, 0.25) is 0 Å². The molecule has 1 saturated heterocycles. The lowest BCUT2D eigenvalue weighted by atomic mass is 9.82. The Morgan fingerprint density at radius 1 is 0.885 bits per heavy atom. The Balaban J connectivity index is 2.09. The van der Waals surface area contributed by atoms with Crippen LogP contribution in [0.15, 0.2) is 29.8 Å². The SMILES string of the molecule is CC1=CCC2C(=O)N(c3cc(C(F)(F)F)cc(C(F)(F)F)c3)C(=O)C2C1. The van der Waals surface area contributed by atoms with Crippen LogP contribution in [0.25, 0.3) is 0 Å². The molecule has 3 nitrogen and oxygen atoms in total. The van der Waals surface area contributed by atoms with Gasteiger partial charge in [0.15, 0.2) is 0 Å². The highest BCUT2D eigenvalue weighted by molar-refractivity contribution is 6.22. The highest BCUT2D eigenvalue weighted by atomic mass is 19.4. The zero-order valence-corrected chi connectivity index (χ0v) is 13.4. The molecular weight excluding hydrogens is 364 g/mol. The normalized spacial score (nSPS) is 24.0. The number of hydrogen-bond donors (Lipinski definition) is 0. The zero-order chi connectivity index (χ0) is 19.4. The van der Waals surface area contributed by atoms with E-state index in [1.807, 2.05) is 0 Å². The van der Waals surface area contributed by atoms with Crippen LogP contribution in [-0.2, 0) is 21.9 Å². The van der Waals surface area contributed by atoms with E-state index in [0.717, 1.165) is 5.57 Å². The van der Waals surface area contributed by atoms with Crippen LogP contribution in [0.3, 0.4) is 0 Å². The Labute approximate surface area is 144 Å². The molecule has 1 aliphatic heterocycles. The summed E-state index contributed by atoms with van der Waals surface area (Å²) in [5.41, 5.74) is -2.97. The molecule has 140 valence electrons. The lowest BCUT2D eigenvalue weighted by Gasteiger charge is -2.19. The number of carbonyl (C=O) groups is 2. The predicted molar refractivity (Wildman–Crippen MR) is 78.9 cm³/mol. The topological polar surface area (TPSA) is 37.4 Å². The summed E-state index contributed by atoms with van der Waals surface area (Å²) >= 11 is 0. The molecule has 2 aliphatic rings. The van der Waals surface area contributed by atoms with Gasteiger partial charge in [-0.05, 0) is 38.0 Å². The van der Waals surface area contributed by atoms with E-state index >= 15 is 0 Å². The van der Waals surface area contributed by atoms with Gasteiger partial charge in [0, 0.05) is 0 Å². The van der Waals surface area contributed by atoms with Crippen LogP contribution in [0.1, 0.15) is 30.9 Å². The molecule has 1 heterocycles. The molecule has 1 fully saturated rings. The van der Waals surface area contributed by atoms with E-state index in [9.17, 15) is 35.9 Å². The molecule has 0 spiro atoms. The van der Waals surface area contributed by atoms with Gasteiger partial charge < -0.3 is 0 Å². The Morgan fingerprint density at radius 2 is 1.38 bits per heavy atom. The summed E-state index contributed by atoms with van der Waals surface area (Å²) in [5.74, 6) is -3.04. The second-order valence-electron chi connectivity index (χ2n) is 6.48. The van der Waals surface area contributed by atoms with Crippen LogP contribution >= 0.6 is 0 Å². The van der Waals surface area contributed by atoms with Crippen LogP contribution < -0.4 is 4.90 Å². The summed E-state index contributed by atoms with van der Waals surface area (Å²) in [7, 11) is 0. The van der Waals surface area contributed by atoms with Gasteiger partial charge in [-0.15, -0.1) is 0 Å². The molecular formula is C17H13F6NO2. The van der Waals surface area contributed by atoms with Crippen molar-refractivity contribution in [2.45, 2.75) is 32.1 Å². The smallest absolute Gasteiger partial charge is 0.274 e. The van der Waals surface area contributed by atoms with Crippen molar-refractivity contribution < 1.29 is 35.9 Å². The maximum atomic E-state index is 13.0. The number of anilines is 1. The first-order chi connectivity index (χ1) is 11.9. The Bertz CT molecular complexity index is 776. The van der Waals surface area contributed by atoms with Gasteiger partial charge in [-0.3, -0.25) is 14.5 Å². The van der Waals surface area contributed by atoms with Crippen LogP contribution in [0.5, 0.6) is 0 Å². The van der Waals surface area contributed by atoms with Crippen molar-refractivity contribution >= 4 is 17.5 Å². The Hall–Kier alpha value is -2.32. The van der Waals surface area contributed by atoms with Crippen molar-refractivity contribution in [2.75, 3.05) is 4.90 Å². The van der Waals surface area contributed by atoms with Crippen LogP contribution in [0.4, 0.5) is 32.0 Å². The number of halogens is 6. The number of allylic oxidation sites excluding steroid dienone is 2. The van der Waals surface area contributed by atoms with Gasteiger partial charge in [-0.1, -0.05) is 11.6 Å². The minimum absolute atomic E-state index is 0.0344. The summed E-state index contributed by atoms with van der Waals surface area (Å²) in [5, 5.41) is 0. The quantitative estimate of drug-likeness (QED) is 0.409. The van der Waals surface area contributed by atoms with Crippen molar-refractivity contribution in [2.24, 2.45) is 11.8 Å². The van der Waals surface area contributed by atoms with Crippen molar-refractivity contribution in [3.05, 3.63) is 41.0 Å². The molecule has 2 unspecified atom stereocenters. The van der Waals surface area contributed by atoms with Crippen molar-refractivity contribution in [1.82, 2.24) is 0 Å².